The van der Waals surface area contributed by atoms with Crippen LogP contribution in [0.4, 0.5) is 8.78 Å². The second kappa shape index (κ2) is 5.96. The molecule has 1 aromatic carbocycles. The topological polar surface area (TPSA) is 21.3 Å². The third-order valence-corrected chi connectivity index (χ3v) is 3.01. The van der Waals surface area contributed by atoms with Crippen molar-refractivity contribution in [3.05, 3.63) is 29.8 Å². The minimum Gasteiger partial charge on any atom is -0.491 e. The van der Waals surface area contributed by atoms with E-state index in [4.69, 9.17) is 4.74 Å². The van der Waals surface area contributed by atoms with Gasteiger partial charge >= 0.3 is 0 Å². The molecule has 1 heterocycles. The van der Waals surface area contributed by atoms with E-state index in [-0.39, 0.29) is 5.75 Å². The van der Waals surface area contributed by atoms with Crippen molar-refractivity contribution in [2.24, 2.45) is 0 Å². The predicted molar refractivity (Wildman–Crippen MR) is 62.1 cm³/mol. The van der Waals surface area contributed by atoms with Gasteiger partial charge in [-0.1, -0.05) is 0 Å². The monoisotopic (exact) mass is 241 g/mol. The smallest absolute Gasteiger partial charge is 0.167 e. The van der Waals surface area contributed by atoms with E-state index >= 15 is 0 Å². The van der Waals surface area contributed by atoms with Gasteiger partial charge in [-0.15, -0.1) is 0 Å². The summed E-state index contributed by atoms with van der Waals surface area (Å²) in [4.78, 5) is 0. The van der Waals surface area contributed by atoms with E-state index in [0.717, 1.165) is 25.5 Å². The molecule has 1 aromatic rings. The highest BCUT2D eigenvalue weighted by atomic mass is 19.1. The Kier molecular flexibility index (Phi) is 4.31. The summed E-state index contributed by atoms with van der Waals surface area (Å²) in [6.07, 6.45) is 4.38. The molecule has 0 aromatic heterocycles. The summed E-state index contributed by atoms with van der Waals surface area (Å²) >= 11 is 0. The number of rotatable bonds is 5. The van der Waals surface area contributed by atoms with Crippen LogP contribution in [0.2, 0.25) is 0 Å². The Morgan fingerprint density at radius 1 is 1.35 bits per heavy atom. The number of halogens is 2. The highest BCUT2D eigenvalue weighted by Crippen LogP contribution is 2.18. The van der Waals surface area contributed by atoms with Crippen molar-refractivity contribution in [1.82, 2.24) is 5.32 Å². The van der Waals surface area contributed by atoms with E-state index in [0.29, 0.717) is 12.6 Å². The van der Waals surface area contributed by atoms with E-state index in [1.807, 2.05) is 0 Å². The highest BCUT2D eigenvalue weighted by Gasteiger charge is 2.13. The van der Waals surface area contributed by atoms with Gasteiger partial charge in [0.05, 0.1) is 6.61 Å². The molecule has 2 nitrogen and oxygen atoms in total. The average Bonchev–Trinajstić information content (AvgIpc) is 2.79. The molecule has 4 heteroatoms. The van der Waals surface area contributed by atoms with Gasteiger partial charge in [-0.3, -0.25) is 0 Å². The maximum atomic E-state index is 13.2. The van der Waals surface area contributed by atoms with E-state index in [2.05, 4.69) is 5.32 Å². The molecule has 1 unspecified atom stereocenters. The lowest BCUT2D eigenvalue weighted by Gasteiger charge is -2.11. The van der Waals surface area contributed by atoms with E-state index in [9.17, 15) is 8.78 Å². The molecule has 0 bridgehead atoms. The molecular formula is C13H17F2NO. The van der Waals surface area contributed by atoms with Crippen LogP contribution in [0.3, 0.4) is 0 Å². The first-order valence-electron chi connectivity index (χ1n) is 6.07. The lowest BCUT2D eigenvalue weighted by molar-refractivity contribution is 0.284. The van der Waals surface area contributed by atoms with Gasteiger partial charge in [0.2, 0.25) is 0 Å². The molecule has 1 aliphatic rings. The maximum absolute atomic E-state index is 13.2. The van der Waals surface area contributed by atoms with E-state index in [1.54, 1.807) is 0 Å². The summed E-state index contributed by atoms with van der Waals surface area (Å²) in [5.41, 5.74) is 0. The normalized spacial score (nSPS) is 19.5. The molecule has 1 saturated heterocycles. The fraction of sp³-hybridized carbons (Fsp3) is 0.538. The summed E-state index contributed by atoms with van der Waals surface area (Å²) in [5, 5.41) is 3.39. The molecular weight excluding hydrogens is 224 g/mol. The van der Waals surface area contributed by atoms with Crippen LogP contribution < -0.4 is 10.1 Å². The van der Waals surface area contributed by atoms with Crippen molar-refractivity contribution in [3.8, 4) is 5.75 Å². The molecule has 94 valence electrons. The highest BCUT2D eigenvalue weighted by molar-refractivity contribution is 5.24. The van der Waals surface area contributed by atoms with Gasteiger partial charge in [0.25, 0.3) is 0 Å². The van der Waals surface area contributed by atoms with Crippen molar-refractivity contribution in [2.75, 3.05) is 13.2 Å². The van der Waals surface area contributed by atoms with Gasteiger partial charge in [0.15, 0.2) is 11.6 Å². The lowest BCUT2D eigenvalue weighted by Crippen LogP contribution is -2.21. The fourth-order valence-corrected chi connectivity index (χ4v) is 2.11. The molecule has 0 spiro atoms. The van der Waals surface area contributed by atoms with Crippen molar-refractivity contribution < 1.29 is 13.5 Å². The van der Waals surface area contributed by atoms with Gasteiger partial charge < -0.3 is 10.1 Å². The Hall–Kier alpha value is -1.16. The van der Waals surface area contributed by atoms with Gasteiger partial charge in [0, 0.05) is 12.1 Å². The molecule has 0 amide bonds. The first-order valence-corrected chi connectivity index (χ1v) is 6.07. The summed E-state index contributed by atoms with van der Waals surface area (Å²) in [6, 6.07) is 3.96. The van der Waals surface area contributed by atoms with Crippen LogP contribution >= 0.6 is 0 Å². The second-order valence-corrected chi connectivity index (χ2v) is 4.36. The Labute approximate surface area is 100.0 Å². The fourth-order valence-electron chi connectivity index (χ4n) is 2.11. The zero-order chi connectivity index (χ0) is 12.1. The quantitative estimate of drug-likeness (QED) is 0.800. The largest absolute Gasteiger partial charge is 0.491 e. The van der Waals surface area contributed by atoms with Crippen LogP contribution in [-0.4, -0.2) is 19.2 Å². The van der Waals surface area contributed by atoms with Crippen LogP contribution in [0, 0.1) is 11.6 Å². The Morgan fingerprint density at radius 2 is 2.24 bits per heavy atom. The maximum Gasteiger partial charge on any atom is 0.167 e. The Bertz CT molecular complexity index is 364. The summed E-state index contributed by atoms with van der Waals surface area (Å²) in [7, 11) is 0. The minimum absolute atomic E-state index is 0.130. The lowest BCUT2D eigenvalue weighted by atomic mass is 10.1. The van der Waals surface area contributed by atoms with Crippen LogP contribution in [-0.2, 0) is 0 Å². The predicted octanol–water partition coefficient (Wildman–Crippen LogP) is 2.88. The summed E-state index contributed by atoms with van der Waals surface area (Å²) < 4.78 is 31.1. The zero-order valence-electron chi connectivity index (χ0n) is 9.72. The molecule has 2 rings (SSSR count). The third kappa shape index (κ3) is 3.66. The van der Waals surface area contributed by atoms with Crippen LogP contribution in [0.1, 0.15) is 25.7 Å². The molecule has 17 heavy (non-hydrogen) atoms. The third-order valence-electron chi connectivity index (χ3n) is 3.01. The number of ether oxygens (including phenoxy) is 1. The molecule has 1 aliphatic heterocycles. The Balaban J connectivity index is 1.70. The summed E-state index contributed by atoms with van der Waals surface area (Å²) in [6.45, 7) is 1.57. The Morgan fingerprint density at radius 3 is 2.94 bits per heavy atom. The second-order valence-electron chi connectivity index (χ2n) is 4.36. The SMILES string of the molecule is Fc1ccc(OCCCC2CCCN2)c(F)c1. The van der Waals surface area contributed by atoms with Gasteiger partial charge in [-0.05, 0) is 44.4 Å². The molecule has 0 radical (unpaired) electrons. The van der Waals surface area contributed by atoms with Crippen LogP contribution in [0.25, 0.3) is 0 Å². The minimum atomic E-state index is -0.635. The van der Waals surface area contributed by atoms with E-state index < -0.39 is 11.6 Å². The van der Waals surface area contributed by atoms with Gasteiger partial charge in [0.1, 0.15) is 5.82 Å². The molecule has 0 saturated carbocycles. The molecule has 1 atom stereocenters. The standard InChI is InChI=1S/C13H17F2NO/c14-10-5-6-13(12(15)9-10)17-8-2-4-11-3-1-7-16-11/h5-6,9,11,16H,1-4,7-8H2. The van der Waals surface area contributed by atoms with E-state index in [1.165, 1.54) is 25.0 Å². The van der Waals surface area contributed by atoms with Crippen LogP contribution in [0.15, 0.2) is 18.2 Å². The van der Waals surface area contributed by atoms with Gasteiger partial charge in [-0.25, -0.2) is 8.78 Å². The van der Waals surface area contributed by atoms with Crippen LogP contribution in [0.5, 0.6) is 5.75 Å². The molecule has 0 aliphatic carbocycles. The molecule has 1 N–H and O–H groups in total. The first-order chi connectivity index (χ1) is 8.25. The van der Waals surface area contributed by atoms with Crippen molar-refractivity contribution in [3.63, 3.8) is 0 Å². The summed E-state index contributed by atoms with van der Waals surface area (Å²) in [5.74, 6) is -1.08. The first kappa shape index (κ1) is 12.3. The van der Waals surface area contributed by atoms with Gasteiger partial charge in [-0.2, -0.15) is 0 Å². The number of hydrogen-bond donors (Lipinski definition) is 1. The van der Waals surface area contributed by atoms with Crippen molar-refractivity contribution in [2.45, 2.75) is 31.7 Å². The number of nitrogens with one attached hydrogen (secondary N) is 1. The van der Waals surface area contributed by atoms with Crippen molar-refractivity contribution >= 4 is 0 Å². The van der Waals surface area contributed by atoms with Crippen molar-refractivity contribution in [1.29, 1.82) is 0 Å². The average molecular weight is 241 g/mol. The zero-order valence-corrected chi connectivity index (χ0v) is 9.72. The number of benzene rings is 1. The number of hydrogen-bond acceptors (Lipinski definition) is 2. The molecule has 1 fully saturated rings.